The van der Waals surface area contributed by atoms with Gasteiger partial charge in [-0.15, -0.1) is 0 Å². The van der Waals surface area contributed by atoms with Gasteiger partial charge < -0.3 is 4.74 Å². The van der Waals surface area contributed by atoms with Crippen molar-refractivity contribution in [2.24, 2.45) is 0 Å². The first kappa shape index (κ1) is 23.5. The highest BCUT2D eigenvalue weighted by Gasteiger charge is 2.37. The number of nitrogens with one attached hydrogen (secondary N) is 1. The molecule has 0 aliphatic carbocycles. The minimum Gasteiger partial charge on any atom is -0.488 e. The summed E-state index contributed by atoms with van der Waals surface area (Å²) < 4.78 is 19.3. The summed E-state index contributed by atoms with van der Waals surface area (Å²) in [5, 5.41) is 2.84. The van der Waals surface area contributed by atoms with Crippen LogP contribution in [-0.4, -0.2) is 17.8 Å². The van der Waals surface area contributed by atoms with Crippen molar-refractivity contribution in [3.63, 3.8) is 0 Å². The van der Waals surface area contributed by atoms with Crippen molar-refractivity contribution in [2.75, 3.05) is 4.90 Å². The molecule has 34 heavy (non-hydrogen) atoms. The molecule has 0 aromatic heterocycles. The molecule has 3 aromatic carbocycles. The van der Waals surface area contributed by atoms with E-state index in [4.69, 9.17) is 27.9 Å². The summed E-state index contributed by atoms with van der Waals surface area (Å²) in [5.41, 5.74) is 1.50. The third-order valence-electron chi connectivity index (χ3n) is 5.07. The monoisotopic (exact) mass is 498 g/mol. The SMILES string of the molecule is Cc1ccc(Cl)cc1N1C(=O)NC(=O)/C(=C\c2cc(Cl)ccc2OCc2cccc(F)c2)C1=O. The van der Waals surface area contributed by atoms with E-state index in [0.717, 1.165) is 4.90 Å². The zero-order valence-electron chi connectivity index (χ0n) is 17.8. The number of benzene rings is 3. The number of aryl methyl sites for hydroxylation is 1. The highest BCUT2D eigenvalue weighted by Crippen LogP contribution is 2.30. The molecular formula is C25H17Cl2FN2O4. The quantitative estimate of drug-likeness (QED) is 0.362. The van der Waals surface area contributed by atoms with Crippen LogP contribution in [0.5, 0.6) is 5.75 Å². The summed E-state index contributed by atoms with van der Waals surface area (Å²) in [6.45, 7) is 1.75. The smallest absolute Gasteiger partial charge is 0.335 e. The lowest BCUT2D eigenvalue weighted by molar-refractivity contribution is -0.122. The molecule has 9 heteroatoms. The van der Waals surface area contributed by atoms with Crippen molar-refractivity contribution in [1.82, 2.24) is 5.32 Å². The van der Waals surface area contributed by atoms with Crippen LogP contribution >= 0.6 is 23.2 Å². The molecule has 0 atom stereocenters. The Morgan fingerprint density at radius 1 is 1.00 bits per heavy atom. The molecule has 1 fully saturated rings. The number of hydrogen-bond donors (Lipinski definition) is 1. The second kappa shape index (κ2) is 9.67. The summed E-state index contributed by atoms with van der Waals surface area (Å²) in [6.07, 6.45) is 1.30. The van der Waals surface area contributed by atoms with Crippen molar-refractivity contribution in [2.45, 2.75) is 13.5 Å². The fraction of sp³-hybridized carbons (Fsp3) is 0.0800. The van der Waals surface area contributed by atoms with Crippen LogP contribution in [0.2, 0.25) is 10.0 Å². The number of nitrogens with zero attached hydrogens (tertiary/aromatic N) is 1. The first-order chi connectivity index (χ1) is 16.2. The molecule has 172 valence electrons. The van der Waals surface area contributed by atoms with Gasteiger partial charge in [0.05, 0.1) is 5.69 Å². The third-order valence-corrected chi connectivity index (χ3v) is 5.54. The van der Waals surface area contributed by atoms with E-state index in [9.17, 15) is 18.8 Å². The minimum absolute atomic E-state index is 0.0437. The molecule has 1 N–H and O–H groups in total. The molecule has 0 radical (unpaired) electrons. The average Bonchev–Trinajstić information content (AvgIpc) is 2.78. The van der Waals surface area contributed by atoms with Gasteiger partial charge in [0.2, 0.25) is 0 Å². The molecule has 4 amide bonds. The Balaban J connectivity index is 1.70. The lowest BCUT2D eigenvalue weighted by atomic mass is 10.0. The third kappa shape index (κ3) is 4.95. The highest BCUT2D eigenvalue weighted by molar-refractivity contribution is 6.40. The van der Waals surface area contributed by atoms with Gasteiger partial charge in [0.1, 0.15) is 23.7 Å². The number of rotatable bonds is 5. The lowest BCUT2D eigenvalue weighted by Gasteiger charge is -2.27. The summed E-state index contributed by atoms with van der Waals surface area (Å²) in [4.78, 5) is 39.2. The van der Waals surface area contributed by atoms with E-state index in [1.807, 2.05) is 0 Å². The fourth-order valence-electron chi connectivity index (χ4n) is 3.41. The Bertz CT molecular complexity index is 1360. The second-order valence-corrected chi connectivity index (χ2v) is 8.36. The lowest BCUT2D eigenvalue weighted by Crippen LogP contribution is -2.54. The van der Waals surface area contributed by atoms with E-state index in [-0.39, 0.29) is 17.9 Å². The average molecular weight is 499 g/mol. The van der Waals surface area contributed by atoms with E-state index in [0.29, 0.717) is 32.5 Å². The van der Waals surface area contributed by atoms with E-state index in [1.165, 1.54) is 30.3 Å². The number of imide groups is 2. The van der Waals surface area contributed by atoms with Crippen molar-refractivity contribution in [1.29, 1.82) is 0 Å². The van der Waals surface area contributed by atoms with Crippen LogP contribution in [-0.2, 0) is 16.2 Å². The summed E-state index contributed by atoms with van der Waals surface area (Å²) in [5.74, 6) is -1.77. The van der Waals surface area contributed by atoms with E-state index in [1.54, 1.807) is 43.3 Å². The van der Waals surface area contributed by atoms with Gasteiger partial charge in [0.15, 0.2) is 0 Å². The minimum atomic E-state index is -0.883. The topological polar surface area (TPSA) is 75.7 Å². The first-order valence-corrected chi connectivity index (χ1v) is 10.8. The molecule has 4 rings (SSSR count). The Morgan fingerprint density at radius 2 is 1.74 bits per heavy atom. The number of ether oxygens (including phenoxy) is 1. The fourth-order valence-corrected chi connectivity index (χ4v) is 3.75. The molecule has 1 heterocycles. The maximum absolute atomic E-state index is 13.5. The molecule has 0 bridgehead atoms. The zero-order chi connectivity index (χ0) is 24.4. The van der Waals surface area contributed by atoms with Gasteiger partial charge >= 0.3 is 6.03 Å². The van der Waals surface area contributed by atoms with E-state index >= 15 is 0 Å². The predicted octanol–water partition coefficient (Wildman–Crippen LogP) is 5.69. The molecule has 3 aromatic rings. The van der Waals surface area contributed by atoms with Crippen molar-refractivity contribution in [3.05, 3.63) is 98.8 Å². The van der Waals surface area contributed by atoms with Gasteiger partial charge in [-0.2, -0.15) is 0 Å². The molecule has 1 aliphatic rings. The van der Waals surface area contributed by atoms with Crippen LogP contribution in [0.4, 0.5) is 14.9 Å². The standard InChI is InChI=1S/C25H17Cl2FN2O4/c1-14-5-6-18(27)12-21(14)30-24(32)20(23(31)29-25(30)33)11-16-10-17(26)7-8-22(16)34-13-15-3-2-4-19(28)9-15/h2-12H,13H2,1H3,(H,29,31,33)/b20-11+. The van der Waals surface area contributed by atoms with Crippen LogP contribution in [0.3, 0.4) is 0 Å². The summed E-state index contributed by atoms with van der Waals surface area (Å²) in [6, 6.07) is 14.5. The van der Waals surface area contributed by atoms with Crippen LogP contribution in [0.1, 0.15) is 16.7 Å². The number of halogens is 3. The van der Waals surface area contributed by atoms with E-state index in [2.05, 4.69) is 5.32 Å². The Morgan fingerprint density at radius 3 is 2.50 bits per heavy atom. The number of anilines is 1. The van der Waals surface area contributed by atoms with Crippen molar-refractivity contribution < 1.29 is 23.5 Å². The van der Waals surface area contributed by atoms with Crippen LogP contribution < -0.4 is 15.0 Å². The zero-order valence-corrected chi connectivity index (χ0v) is 19.3. The molecule has 0 spiro atoms. The number of barbiturate groups is 1. The summed E-state index contributed by atoms with van der Waals surface area (Å²) in [7, 11) is 0. The predicted molar refractivity (Wildman–Crippen MR) is 127 cm³/mol. The number of carbonyl (C=O) groups is 3. The molecule has 0 saturated carbocycles. The van der Waals surface area contributed by atoms with Gasteiger partial charge in [-0.3, -0.25) is 14.9 Å². The van der Waals surface area contributed by atoms with Crippen molar-refractivity contribution in [3.8, 4) is 5.75 Å². The van der Waals surface area contributed by atoms with Crippen molar-refractivity contribution >= 4 is 52.8 Å². The van der Waals surface area contributed by atoms with Gasteiger partial charge in [-0.1, -0.05) is 41.4 Å². The Hall–Kier alpha value is -3.68. The van der Waals surface area contributed by atoms with Gasteiger partial charge in [-0.25, -0.2) is 14.1 Å². The number of carbonyl (C=O) groups excluding carboxylic acids is 3. The number of urea groups is 1. The number of amides is 4. The molecular weight excluding hydrogens is 482 g/mol. The Labute approximate surface area is 204 Å². The molecule has 0 unspecified atom stereocenters. The maximum Gasteiger partial charge on any atom is 0.335 e. The van der Waals surface area contributed by atoms with E-state index < -0.39 is 23.7 Å². The maximum atomic E-state index is 13.5. The number of hydrogen-bond acceptors (Lipinski definition) is 4. The Kier molecular flexibility index (Phi) is 6.68. The van der Waals surface area contributed by atoms with Crippen LogP contribution in [0.25, 0.3) is 6.08 Å². The molecule has 1 saturated heterocycles. The summed E-state index contributed by atoms with van der Waals surface area (Å²) >= 11 is 12.2. The first-order valence-electron chi connectivity index (χ1n) is 10.1. The van der Waals surface area contributed by atoms with Gasteiger partial charge in [-0.05, 0) is 66.6 Å². The van der Waals surface area contributed by atoms with Gasteiger partial charge in [0, 0.05) is 15.6 Å². The normalized spacial score (nSPS) is 15.0. The molecule has 1 aliphatic heterocycles. The highest BCUT2D eigenvalue weighted by atomic mass is 35.5. The van der Waals surface area contributed by atoms with Crippen LogP contribution in [0.15, 0.2) is 66.2 Å². The van der Waals surface area contributed by atoms with Gasteiger partial charge in [0.25, 0.3) is 11.8 Å². The van der Waals surface area contributed by atoms with Crippen LogP contribution in [0, 0.1) is 12.7 Å². The molecule has 6 nitrogen and oxygen atoms in total. The largest absolute Gasteiger partial charge is 0.488 e. The second-order valence-electron chi connectivity index (χ2n) is 7.49.